The van der Waals surface area contributed by atoms with Gasteiger partial charge in [0.2, 0.25) is 0 Å². The molecule has 0 aliphatic heterocycles. The number of aryl methyl sites for hydroxylation is 4. The van der Waals surface area contributed by atoms with Gasteiger partial charge in [0, 0.05) is 17.1 Å². The lowest BCUT2D eigenvalue weighted by Crippen LogP contribution is -2.12. The van der Waals surface area contributed by atoms with Crippen LogP contribution in [0.4, 0.5) is 17.1 Å². The summed E-state index contributed by atoms with van der Waals surface area (Å²) in [6.07, 6.45) is 7.33. The minimum absolute atomic E-state index is 1.18. The molecule has 0 saturated carbocycles. The Labute approximate surface area is 233 Å². The van der Waals surface area contributed by atoms with Gasteiger partial charge < -0.3 is 4.90 Å². The minimum atomic E-state index is 1.18. The van der Waals surface area contributed by atoms with Gasteiger partial charge in [-0.15, -0.1) is 0 Å². The largest absolute Gasteiger partial charge is 0.310 e. The molecule has 1 aliphatic rings. The molecule has 5 aromatic carbocycles. The van der Waals surface area contributed by atoms with Crippen LogP contribution < -0.4 is 4.90 Å². The van der Waals surface area contributed by atoms with E-state index in [-0.39, 0.29) is 0 Å². The maximum atomic E-state index is 2.42. The summed E-state index contributed by atoms with van der Waals surface area (Å²) in [6.45, 7) is 4.48. The fourth-order valence-electron chi connectivity index (χ4n) is 5.90. The number of nitrogens with zero attached hydrogens (tertiary/aromatic N) is 1. The van der Waals surface area contributed by atoms with Crippen molar-refractivity contribution >= 4 is 28.7 Å². The van der Waals surface area contributed by atoms with Crippen molar-refractivity contribution in [3.05, 3.63) is 160 Å². The molecule has 192 valence electrons. The average Bonchev–Trinajstić information content (AvgIpc) is 2.98. The van der Waals surface area contributed by atoms with E-state index in [1.54, 1.807) is 0 Å². The van der Waals surface area contributed by atoms with Gasteiger partial charge in [0.25, 0.3) is 0 Å². The van der Waals surface area contributed by atoms with E-state index < -0.39 is 0 Å². The summed E-state index contributed by atoms with van der Waals surface area (Å²) in [7, 11) is 0. The van der Waals surface area contributed by atoms with Crippen molar-refractivity contribution in [2.75, 3.05) is 4.90 Å². The number of hydrogen-bond donors (Lipinski definition) is 0. The summed E-state index contributed by atoms with van der Waals surface area (Å²) in [4.78, 5) is 2.41. The first-order valence-corrected chi connectivity index (χ1v) is 14.1. The van der Waals surface area contributed by atoms with E-state index >= 15 is 0 Å². The highest BCUT2D eigenvalue weighted by Gasteiger charge is 2.18. The predicted molar refractivity (Wildman–Crippen MR) is 167 cm³/mol. The SMILES string of the molecule is Cc1cc(N(c2ccccc2)c2ccc3c(c2)CCCC3)cc(C)c1C=C(c1ccccc1)c1ccccc1. The van der Waals surface area contributed by atoms with E-state index in [1.807, 2.05) is 0 Å². The molecule has 0 bridgehead atoms. The lowest BCUT2D eigenvalue weighted by atomic mass is 9.91. The van der Waals surface area contributed by atoms with Gasteiger partial charge in [-0.1, -0.05) is 84.9 Å². The Morgan fingerprint density at radius 1 is 0.538 bits per heavy atom. The first-order valence-electron chi connectivity index (χ1n) is 14.1. The normalized spacial score (nSPS) is 12.5. The molecule has 1 heteroatoms. The van der Waals surface area contributed by atoms with Crippen LogP contribution in [0.5, 0.6) is 0 Å². The van der Waals surface area contributed by atoms with Crippen molar-refractivity contribution in [1.82, 2.24) is 0 Å². The molecule has 1 nitrogen and oxygen atoms in total. The average molecular weight is 506 g/mol. The smallest absolute Gasteiger partial charge is 0.0467 e. The monoisotopic (exact) mass is 505 g/mol. The van der Waals surface area contributed by atoms with Crippen LogP contribution in [0, 0.1) is 13.8 Å². The Kier molecular flexibility index (Phi) is 7.15. The molecule has 0 fully saturated rings. The molecule has 1 aliphatic carbocycles. The zero-order valence-electron chi connectivity index (χ0n) is 22.9. The third-order valence-electron chi connectivity index (χ3n) is 7.90. The van der Waals surface area contributed by atoms with Gasteiger partial charge in [-0.3, -0.25) is 0 Å². The summed E-state index contributed by atoms with van der Waals surface area (Å²) in [5.41, 5.74) is 14.2. The van der Waals surface area contributed by atoms with E-state index in [2.05, 4.69) is 146 Å². The quantitative estimate of drug-likeness (QED) is 0.207. The fraction of sp³-hybridized carbons (Fsp3) is 0.158. The molecule has 5 aromatic rings. The van der Waals surface area contributed by atoms with Crippen molar-refractivity contribution in [3.63, 3.8) is 0 Å². The molecular formula is C38H35N. The number of hydrogen-bond acceptors (Lipinski definition) is 1. The van der Waals surface area contributed by atoms with Crippen LogP contribution in [0.1, 0.15) is 51.8 Å². The maximum absolute atomic E-state index is 2.42. The van der Waals surface area contributed by atoms with Gasteiger partial charge in [0.15, 0.2) is 0 Å². The number of benzene rings is 5. The van der Waals surface area contributed by atoms with Crippen LogP contribution in [0.2, 0.25) is 0 Å². The highest BCUT2D eigenvalue weighted by molar-refractivity contribution is 5.93. The van der Waals surface area contributed by atoms with Crippen LogP contribution in [-0.4, -0.2) is 0 Å². The third-order valence-corrected chi connectivity index (χ3v) is 7.90. The molecule has 0 radical (unpaired) electrons. The Hall–Kier alpha value is -4.36. The van der Waals surface area contributed by atoms with Crippen molar-refractivity contribution in [2.24, 2.45) is 0 Å². The molecule has 0 unspecified atom stereocenters. The highest BCUT2D eigenvalue weighted by Crippen LogP contribution is 2.39. The predicted octanol–water partition coefficient (Wildman–Crippen LogP) is 10.2. The molecule has 0 N–H and O–H groups in total. The van der Waals surface area contributed by atoms with Crippen molar-refractivity contribution in [3.8, 4) is 0 Å². The first kappa shape index (κ1) is 24.9. The standard InChI is InChI=1S/C38H35N/c1-28-24-36(39(34-20-10-5-11-21-34)35-23-22-30-14-12-13-19-33(30)26-35)25-29(2)37(28)27-38(31-15-6-3-7-16-31)32-17-8-4-9-18-32/h3-11,15-18,20-27H,12-14,19H2,1-2H3. The van der Waals surface area contributed by atoms with Crippen molar-refractivity contribution in [2.45, 2.75) is 39.5 Å². The Bertz CT molecular complexity index is 1530. The van der Waals surface area contributed by atoms with Crippen LogP contribution in [0.15, 0.2) is 121 Å². The van der Waals surface area contributed by atoms with Gasteiger partial charge in [-0.05, 0) is 127 Å². The van der Waals surface area contributed by atoms with Gasteiger partial charge in [-0.25, -0.2) is 0 Å². The number of para-hydroxylation sites is 1. The Balaban J connectivity index is 1.47. The fourth-order valence-corrected chi connectivity index (χ4v) is 5.90. The van der Waals surface area contributed by atoms with E-state index in [1.165, 1.54) is 87.3 Å². The van der Waals surface area contributed by atoms with Crippen LogP contribution in [0.25, 0.3) is 11.6 Å². The number of anilines is 3. The number of fused-ring (bicyclic) bond motifs is 1. The molecule has 0 spiro atoms. The van der Waals surface area contributed by atoms with Gasteiger partial charge in [0.05, 0.1) is 0 Å². The lowest BCUT2D eigenvalue weighted by molar-refractivity contribution is 0.685. The van der Waals surface area contributed by atoms with E-state index in [0.717, 1.165) is 0 Å². The zero-order chi connectivity index (χ0) is 26.6. The van der Waals surface area contributed by atoms with Gasteiger partial charge in [-0.2, -0.15) is 0 Å². The summed E-state index contributed by atoms with van der Waals surface area (Å²) in [5.74, 6) is 0. The highest BCUT2D eigenvalue weighted by atomic mass is 15.1. The molecule has 39 heavy (non-hydrogen) atoms. The first-order chi connectivity index (χ1) is 19.2. The molecule has 0 atom stereocenters. The molecule has 0 aromatic heterocycles. The van der Waals surface area contributed by atoms with E-state index in [4.69, 9.17) is 0 Å². The second kappa shape index (κ2) is 11.2. The molecule has 0 heterocycles. The molecule has 6 rings (SSSR count). The van der Waals surface area contributed by atoms with Crippen molar-refractivity contribution < 1.29 is 0 Å². The third kappa shape index (κ3) is 5.31. The summed E-state index contributed by atoms with van der Waals surface area (Å²) < 4.78 is 0. The topological polar surface area (TPSA) is 3.24 Å². The lowest BCUT2D eigenvalue weighted by Gasteiger charge is -2.28. The summed E-state index contributed by atoms with van der Waals surface area (Å²) in [6, 6.07) is 44.0. The number of rotatable bonds is 6. The Morgan fingerprint density at radius 2 is 1.08 bits per heavy atom. The summed E-state index contributed by atoms with van der Waals surface area (Å²) in [5, 5.41) is 0. The van der Waals surface area contributed by atoms with Crippen LogP contribution >= 0.6 is 0 Å². The molecule has 0 saturated heterocycles. The second-order valence-corrected chi connectivity index (χ2v) is 10.6. The van der Waals surface area contributed by atoms with Crippen LogP contribution in [-0.2, 0) is 12.8 Å². The van der Waals surface area contributed by atoms with Gasteiger partial charge >= 0.3 is 0 Å². The second-order valence-electron chi connectivity index (χ2n) is 10.6. The molecular weight excluding hydrogens is 470 g/mol. The summed E-state index contributed by atoms with van der Waals surface area (Å²) >= 11 is 0. The van der Waals surface area contributed by atoms with Crippen LogP contribution in [0.3, 0.4) is 0 Å². The van der Waals surface area contributed by atoms with Crippen molar-refractivity contribution in [1.29, 1.82) is 0 Å². The Morgan fingerprint density at radius 3 is 1.67 bits per heavy atom. The van der Waals surface area contributed by atoms with E-state index in [0.29, 0.717) is 0 Å². The zero-order valence-corrected chi connectivity index (χ0v) is 22.9. The maximum Gasteiger partial charge on any atom is 0.0467 e. The van der Waals surface area contributed by atoms with Gasteiger partial charge in [0.1, 0.15) is 0 Å². The molecule has 0 amide bonds. The van der Waals surface area contributed by atoms with E-state index in [9.17, 15) is 0 Å². The minimum Gasteiger partial charge on any atom is -0.310 e.